The Morgan fingerprint density at radius 2 is 2.09 bits per heavy atom. The van der Waals surface area contributed by atoms with Gasteiger partial charge in [0.15, 0.2) is 5.76 Å². The molecule has 3 rings (SSSR count). The molecule has 0 aliphatic rings. The van der Waals surface area contributed by atoms with Gasteiger partial charge in [-0.25, -0.2) is 0 Å². The molecule has 0 fully saturated rings. The van der Waals surface area contributed by atoms with Crippen molar-refractivity contribution < 1.29 is 14.0 Å². The summed E-state index contributed by atoms with van der Waals surface area (Å²) in [6.07, 6.45) is 1.47. The van der Waals surface area contributed by atoms with E-state index in [4.69, 9.17) is 4.42 Å². The summed E-state index contributed by atoms with van der Waals surface area (Å²) in [5, 5.41) is 4.70. The molecule has 0 radical (unpaired) electrons. The van der Waals surface area contributed by atoms with E-state index in [1.54, 1.807) is 24.3 Å². The number of rotatable bonds is 5. The standard InChI is InChI=1S/C15H10BrNO3S2/c16-9-6-13(21-8-9)15(19)17-7-10-3-4-12(22-10)14(18)11-2-1-5-20-11/h1-6,8H,7H2,(H,17,19). The van der Waals surface area contributed by atoms with Crippen LogP contribution in [0, 0.1) is 0 Å². The van der Waals surface area contributed by atoms with Gasteiger partial charge in [-0.2, -0.15) is 0 Å². The molecule has 3 aromatic rings. The Kier molecular flexibility index (Phi) is 4.56. The van der Waals surface area contributed by atoms with Crippen molar-refractivity contribution in [2.24, 2.45) is 0 Å². The molecule has 0 atom stereocenters. The van der Waals surface area contributed by atoms with Crippen molar-refractivity contribution in [2.75, 3.05) is 0 Å². The predicted molar refractivity (Wildman–Crippen MR) is 89.6 cm³/mol. The van der Waals surface area contributed by atoms with E-state index in [-0.39, 0.29) is 11.7 Å². The highest BCUT2D eigenvalue weighted by molar-refractivity contribution is 9.10. The van der Waals surface area contributed by atoms with Crippen LogP contribution in [0.2, 0.25) is 0 Å². The maximum Gasteiger partial charge on any atom is 0.261 e. The molecule has 3 aromatic heterocycles. The van der Waals surface area contributed by atoms with Gasteiger partial charge in [0.2, 0.25) is 5.78 Å². The molecule has 0 aliphatic heterocycles. The van der Waals surface area contributed by atoms with Gasteiger partial charge in [0, 0.05) is 14.7 Å². The molecular formula is C15H10BrNO3S2. The van der Waals surface area contributed by atoms with Crippen LogP contribution in [0.25, 0.3) is 0 Å². The summed E-state index contributed by atoms with van der Waals surface area (Å²) in [6, 6.07) is 8.68. The number of carbonyl (C=O) groups is 2. The third kappa shape index (κ3) is 3.37. The van der Waals surface area contributed by atoms with E-state index < -0.39 is 0 Å². The van der Waals surface area contributed by atoms with Crippen LogP contribution < -0.4 is 5.32 Å². The molecular weight excluding hydrogens is 386 g/mol. The summed E-state index contributed by atoms with van der Waals surface area (Å²) in [5.41, 5.74) is 0. The summed E-state index contributed by atoms with van der Waals surface area (Å²) >= 11 is 6.05. The fraction of sp³-hybridized carbons (Fsp3) is 0.0667. The highest BCUT2D eigenvalue weighted by atomic mass is 79.9. The second kappa shape index (κ2) is 6.60. The van der Waals surface area contributed by atoms with Gasteiger partial charge in [-0.05, 0) is 46.3 Å². The summed E-state index contributed by atoms with van der Waals surface area (Å²) in [6.45, 7) is 0.393. The van der Waals surface area contributed by atoms with Crippen molar-refractivity contribution >= 4 is 50.3 Å². The average molecular weight is 396 g/mol. The zero-order chi connectivity index (χ0) is 15.5. The Balaban J connectivity index is 1.62. The number of ketones is 1. The Bertz CT molecular complexity index is 804. The summed E-state index contributed by atoms with van der Waals surface area (Å²) in [5.74, 6) is 0.0543. The molecule has 0 unspecified atom stereocenters. The minimum absolute atomic E-state index is 0.122. The first-order chi connectivity index (χ1) is 10.6. The van der Waals surface area contributed by atoms with E-state index in [0.717, 1.165) is 9.35 Å². The fourth-order valence-electron chi connectivity index (χ4n) is 1.81. The third-order valence-corrected chi connectivity index (χ3v) is 5.62. The van der Waals surface area contributed by atoms with Gasteiger partial charge >= 0.3 is 0 Å². The van der Waals surface area contributed by atoms with Crippen LogP contribution in [-0.2, 0) is 6.54 Å². The normalized spacial score (nSPS) is 10.6. The van der Waals surface area contributed by atoms with E-state index in [2.05, 4.69) is 21.2 Å². The van der Waals surface area contributed by atoms with E-state index in [0.29, 0.717) is 22.1 Å². The van der Waals surface area contributed by atoms with Crippen LogP contribution in [0.4, 0.5) is 0 Å². The van der Waals surface area contributed by atoms with Gasteiger partial charge in [0.25, 0.3) is 5.91 Å². The van der Waals surface area contributed by atoms with Crippen molar-refractivity contribution in [3.63, 3.8) is 0 Å². The van der Waals surface area contributed by atoms with Crippen LogP contribution in [0.5, 0.6) is 0 Å². The third-order valence-electron chi connectivity index (χ3n) is 2.84. The lowest BCUT2D eigenvalue weighted by Crippen LogP contribution is -2.21. The van der Waals surface area contributed by atoms with Gasteiger partial charge in [-0.1, -0.05) is 0 Å². The van der Waals surface area contributed by atoms with Crippen molar-refractivity contribution in [3.05, 3.63) is 66.8 Å². The predicted octanol–water partition coefficient (Wildman–Crippen LogP) is 4.33. The number of halogens is 1. The lowest BCUT2D eigenvalue weighted by molar-refractivity contribution is 0.0954. The van der Waals surface area contributed by atoms with Gasteiger partial charge in [-0.3, -0.25) is 9.59 Å². The van der Waals surface area contributed by atoms with Crippen LogP contribution in [0.3, 0.4) is 0 Å². The molecule has 3 heterocycles. The van der Waals surface area contributed by atoms with Crippen LogP contribution >= 0.6 is 38.6 Å². The Morgan fingerprint density at radius 3 is 2.77 bits per heavy atom. The maximum absolute atomic E-state index is 12.1. The first-order valence-electron chi connectivity index (χ1n) is 6.32. The van der Waals surface area contributed by atoms with Gasteiger partial charge in [0.05, 0.1) is 22.6 Å². The molecule has 1 N–H and O–H groups in total. The maximum atomic E-state index is 12.1. The number of nitrogens with one attached hydrogen (secondary N) is 1. The molecule has 112 valence electrons. The number of thiophene rings is 2. The Labute approximate surface area is 142 Å². The zero-order valence-electron chi connectivity index (χ0n) is 11.2. The van der Waals surface area contributed by atoms with Crippen LogP contribution in [0.15, 0.2) is 50.9 Å². The molecule has 1 amide bonds. The van der Waals surface area contributed by atoms with Gasteiger partial charge < -0.3 is 9.73 Å². The molecule has 0 aromatic carbocycles. The summed E-state index contributed by atoms with van der Waals surface area (Å²) < 4.78 is 6.00. The zero-order valence-corrected chi connectivity index (χ0v) is 14.4. The van der Waals surface area contributed by atoms with E-state index in [9.17, 15) is 9.59 Å². The van der Waals surface area contributed by atoms with E-state index >= 15 is 0 Å². The van der Waals surface area contributed by atoms with E-state index in [1.807, 2.05) is 11.4 Å². The second-order valence-electron chi connectivity index (χ2n) is 4.38. The van der Waals surface area contributed by atoms with E-state index in [1.165, 1.54) is 28.9 Å². The monoisotopic (exact) mass is 395 g/mol. The second-order valence-corrected chi connectivity index (χ2v) is 7.38. The van der Waals surface area contributed by atoms with Crippen molar-refractivity contribution in [3.8, 4) is 0 Å². The number of hydrogen-bond donors (Lipinski definition) is 1. The summed E-state index contributed by atoms with van der Waals surface area (Å²) in [7, 11) is 0. The van der Waals surface area contributed by atoms with Crippen LogP contribution in [0.1, 0.15) is 30.0 Å². The molecule has 22 heavy (non-hydrogen) atoms. The molecule has 7 heteroatoms. The number of hydrogen-bond acceptors (Lipinski definition) is 5. The Morgan fingerprint density at radius 1 is 1.23 bits per heavy atom. The Hall–Kier alpha value is -1.70. The minimum atomic E-state index is -0.144. The quantitative estimate of drug-likeness (QED) is 0.654. The first-order valence-corrected chi connectivity index (χ1v) is 8.81. The lowest BCUT2D eigenvalue weighted by atomic mass is 10.2. The van der Waals surface area contributed by atoms with Crippen molar-refractivity contribution in [2.45, 2.75) is 6.54 Å². The molecule has 0 bridgehead atoms. The lowest BCUT2D eigenvalue weighted by Gasteiger charge is -2.00. The fourth-order valence-corrected chi connectivity index (χ4v) is 4.05. The highest BCUT2D eigenvalue weighted by Crippen LogP contribution is 2.22. The van der Waals surface area contributed by atoms with Gasteiger partial charge in [-0.15, -0.1) is 22.7 Å². The first kappa shape index (κ1) is 15.2. The van der Waals surface area contributed by atoms with Gasteiger partial charge in [0.1, 0.15) is 0 Å². The SMILES string of the molecule is O=C(NCc1ccc(C(=O)c2ccco2)s1)c1cc(Br)cs1. The molecule has 4 nitrogen and oxygen atoms in total. The largest absolute Gasteiger partial charge is 0.461 e. The highest BCUT2D eigenvalue weighted by Gasteiger charge is 2.15. The smallest absolute Gasteiger partial charge is 0.261 e. The average Bonchev–Trinajstić information content (AvgIpc) is 3.25. The van der Waals surface area contributed by atoms with Crippen molar-refractivity contribution in [1.82, 2.24) is 5.32 Å². The summed E-state index contributed by atoms with van der Waals surface area (Å²) in [4.78, 5) is 26.2. The minimum Gasteiger partial charge on any atom is -0.461 e. The molecule has 0 saturated carbocycles. The van der Waals surface area contributed by atoms with Crippen molar-refractivity contribution in [1.29, 1.82) is 0 Å². The molecule has 0 spiro atoms. The number of carbonyl (C=O) groups excluding carboxylic acids is 2. The number of furan rings is 1. The molecule has 0 aliphatic carbocycles. The number of amides is 1. The molecule has 0 saturated heterocycles. The topological polar surface area (TPSA) is 59.3 Å². The van der Waals surface area contributed by atoms with Crippen LogP contribution in [-0.4, -0.2) is 11.7 Å².